The smallest absolute Gasteiger partial charge is 0.188 e. The predicted octanol–water partition coefficient (Wildman–Crippen LogP) is 2.45. The summed E-state index contributed by atoms with van der Waals surface area (Å²) in [5.41, 5.74) is 6.70. The highest BCUT2D eigenvalue weighted by Gasteiger charge is 2.00. The van der Waals surface area contributed by atoms with Crippen molar-refractivity contribution < 1.29 is 4.39 Å². The van der Waals surface area contributed by atoms with E-state index in [2.05, 4.69) is 26.2 Å². The van der Waals surface area contributed by atoms with Crippen molar-refractivity contribution in [2.24, 2.45) is 10.7 Å². The Morgan fingerprint density at radius 1 is 1.53 bits per heavy atom. The number of nitrogens with two attached hydrogens (primary N) is 1. The third-order valence-electron chi connectivity index (χ3n) is 2.21. The van der Waals surface area contributed by atoms with Crippen LogP contribution in [0.3, 0.4) is 0 Å². The number of rotatable bonds is 5. The minimum Gasteiger partial charge on any atom is -0.370 e. The molecule has 94 valence electrons. The number of hydrogen-bond acceptors (Lipinski definition) is 1. The lowest BCUT2D eigenvalue weighted by Gasteiger charge is -2.06. The molecule has 0 aliphatic heterocycles. The van der Waals surface area contributed by atoms with Crippen LogP contribution >= 0.6 is 15.9 Å². The monoisotopic (exact) mass is 301 g/mol. The maximum Gasteiger partial charge on any atom is 0.188 e. The number of halogens is 2. The predicted molar refractivity (Wildman–Crippen MR) is 72.6 cm³/mol. The van der Waals surface area contributed by atoms with Gasteiger partial charge in [0.15, 0.2) is 5.96 Å². The van der Waals surface area contributed by atoms with Crippen molar-refractivity contribution in [3.8, 4) is 0 Å². The zero-order chi connectivity index (χ0) is 12.7. The number of guanidine groups is 1. The molecule has 0 amide bonds. The van der Waals surface area contributed by atoms with Gasteiger partial charge >= 0.3 is 0 Å². The van der Waals surface area contributed by atoms with Crippen molar-refractivity contribution in [2.75, 3.05) is 13.1 Å². The third kappa shape index (κ3) is 5.17. The second-order valence-electron chi connectivity index (χ2n) is 3.69. The molecule has 0 heterocycles. The number of nitrogens with one attached hydrogen (secondary N) is 1. The van der Waals surface area contributed by atoms with E-state index >= 15 is 0 Å². The fraction of sp³-hybridized carbons (Fsp3) is 0.417. The van der Waals surface area contributed by atoms with E-state index in [1.54, 1.807) is 12.1 Å². The highest BCUT2D eigenvalue weighted by molar-refractivity contribution is 9.10. The van der Waals surface area contributed by atoms with Crippen molar-refractivity contribution in [2.45, 2.75) is 19.8 Å². The summed E-state index contributed by atoms with van der Waals surface area (Å²) in [7, 11) is 0. The van der Waals surface area contributed by atoms with Gasteiger partial charge in [-0.15, -0.1) is 0 Å². The van der Waals surface area contributed by atoms with Gasteiger partial charge in [-0.2, -0.15) is 0 Å². The van der Waals surface area contributed by atoms with Gasteiger partial charge in [0, 0.05) is 13.1 Å². The first-order chi connectivity index (χ1) is 8.13. The van der Waals surface area contributed by atoms with Crippen molar-refractivity contribution in [1.29, 1.82) is 0 Å². The average Bonchev–Trinajstić information content (AvgIpc) is 2.31. The minimum absolute atomic E-state index is 0.245. The molecule has 0 saturated heterocycles. The van der Waals surface area contributed by atoms with Gasteiger partial charge in [-0.3, -0.25) is 4.99 Å². The molecule has 0 aromatic heterocycles. The Morgan fingerprint density at radius 3 is 2.94 bits per heavy atom. The van der Waals surface area contributed by atoms with Crippen molar-refractivity contribution in [3.05, 3.63) is 34.1 Å². The Balaban J connectivity index is 2.38. The molecule has 1 aromatic rings. The van der Waals surface area contributed by atoms with Crippen LogP contribution in [-0.2, 0) is 6.42 Å². The molecule has 0 atom stereocenters. The molecule has 1 aromatic carbocycles. The summed E-state index contributed by atoms with van der Waals surface area (Å²) in [5.74, 6) is 0.221. The summed E-state index contributed by atoms with van der Waals surface area (Å²) in [4.78, 5) is 4.12. The Morgan fingerprint density at radius 2 is 2.29 bits per heavy atom. The summed E-state index contributed by atoms with van der Waals surface area (Å²) in [6, 6.07) is 4.99. The summed E-state index contributed by atoms with van der Waals surface area (Å²) in [5, 5.41) is 3.02. The van der Waals surface area contributed by atoms with Gasteiger partial charge in [-0.25, -0.2) is 4.39 Å². The second kappa shape index (κ2) is 7.27. The Hall–Kier alpha value is -1.10. The quantitative estimate of drug-likeness (QED) is 0.648. The van der Waals surface area contributed by atoms with Gasteiger partial charge in [0.2, 0.25) is 0 Å². The first-order valence-electron chi connectivity index (χ1n) is 5.61. The molecule has 5 heteroatoms. The van der Waals surface area contributed by atoms with Gasteiger partial charge in [0.05, 0.1) is 4.47 Å². The van der Waals surface area contributed by atoms with Crippen LogP contribution < -0.4 is 11.1 Å². The number of benzene rings is 1. The third-order valence-corrected chi connectivity index (χ3v) is 2.82. The first kappa shape index (κ1) is 14.0. The van der Waals surface area contributed by atoms with E-state index in [0.717, 1.165) is 24.9 Å². The van der Waals surface area contributed by atoms with Crippen molar-refractivity contribution in [3.63, 3.8) is 0 Å². The van der Waals surface area contributed by atoms with E-state index in [1.165, 1.54) is 6.07 Å². The molecule has 17 heavy (non-hydrogen) atoms. The fourth-order valence-corrected chi connectivity index (χ4v) is 1.74. The van der Waals surface area contributed by atoms with E-state index in [9.17, 15) is 4.39 Å². The SMILES string of the molecule is CCCN=C(N)NCCc1ccc(F)c(Br)c1. The molecule has 1 rings (SSSR count). The molecule has 0 aliphatic carbocycles. The van der Waals surface area contributed by atoms with Gasteiger partial charge < -0.3 is 11.1 Å². The van der Waals surface area contributed by atoms with E-state index in [0.29, 0.717) is 17.0 Å². The standard InChI is InChI=1S/C12H17BrFN3/c1-2-6-16-12(15)17-7-5-9-3-4-11(14)10(13)8-9/h3-4,8H,2,5-7H2,1H3,(H3,15,16,17). The molecule has 0 fully saturated rings. The summed E-state index contributed by atoms with van der Waals surface area (Å²) in [6.45, 7) is 3.48. The largest absolute Gasteiger partial charge is 0.370 e. The lowest BCUT2D eigenvalue weighted by atomic mass is 10.1. The van der Waals surface area contributed by atoms with Crippen LogP contribution in [0.25, 0.3) is 0 Å². The second-order valence-corrected chi connectivity index (χ2v) is 4.55. The lowest BCUT2D eigenvalue weighted by Crippen LogP contribution is -2.33. The van der Waals surface area contributed by atoms with E-state index in [4.69, 9.17) is 5.73 Å². The highest BCUT2D eigenvalue weighted by Crippen LogP contribution is 2.16. The maximum atomic E-state index is 13.0. The molecule has 3 N–H and O–H groups in total. The number of aliphatic imine (C=N–C) groups is 1. The van der Waals surface area contributed by atoms with Crippen molar-refractivity contribution >= 4 is 21.9 Å². The van der Waals surface area contributed by atoms with Gasteiger partial charge in [-0.1, -0.05) is 13.0 Å². The fourth-order valence-electron chi connectivity index (χ4n) is 1.32. The molecular formula is C12H17BrFN3. The van der Waals surface area contributed by atoms with Crippen molar-refractivity contribution in [1.82, 2.24) is 5.32 Å². The van der Waals surface area contributed by atoms with Crippen LogP contribution in [-0.4, -0.2) is 19.0 Å². The van der Waals surface area contributed by atoms with Crippen LogP contribution in [0.4, 0.5) is 4.39 Å². The Bertz CT molecular complexity index is 393. The number of nitrogens with zero attached hydrogens (tertiary/aromatic N) is 1. The van der Waals surface area contributed by atoms with Crippen LogP contribution in [0.15, 0.2) is 27.7 Å². The molecule has 0 unspecified atom stereocenters. The topological polar surface area (TPSA) is 50.4 Å². The maximum absolute atomic E-state index is 13.0. The van der Waals surface area contributed by atoms with E-state index in [1.807, 2.05) is 6.92 Å². The molecule has 0 bridgehead atoms. The van der Waals surface area contributed by atoms with E-state index < -0.39 is 0 Å². The zero-order valence-corrected chi connectivity index (χ0v) is 11.4. The van der Waals surface area contributed by atoms with Crippen LogP contribution in [0, 0.1) is 5.82 Å². The highest BCUT2D eigenvalue weighted by atomic mass is 79.9. The number of hydrogen-bond donors (Lipinski definition) is 2. The molecule has 0 saturated carbocycles. The van der Waals surface area contributed by atoms with E-state index in [-0.39, 0.29) is 5.82 Å². The van der Waals surface area contributed by atoms with Gasteiger partial charge in [-0.05, 0) is 46.5 Å². The normalized spacial score (nSPS) is 11.6. The van der Waals surface area contributed by atoms with Crippen LogP contribution in [0.5, 0.6) is 0 Å². The summed E-state index contributed by atoms with van der Waals surface area (Å²) in [6.07, 6.45) is 1.76. The van der Waals surface area contributed by atoms with Gasteiger partial charge in [0.25, 0.3) is 0 Å². The molecule has 3 nitrogen and oxygen atoms in total. The molecule has 0 aliphatic rings. The average molecular weight is 302 g/mol. The minimum atomic E-state index is -0.245. The summed E-state index contributed by atoms with van der Waals surface area (Å²) >= 11 is 3.16. The van der Waals surface area contributed by atoms with Crippen LogP contribution in [0.1, 0.15) is 18.9 Å². The molecular weight excluding hydrogens is 285 g/mol. The molecule has 0 spiro atoms. The molecule has 0 radical (unpaired) electrons. The lowest BCUT2D eigenvalue weighted by molar-refractivity contribution is 0.620. The Labute approximate surface area is 109 Å². The zero-order valence-electron chi connectivity index (χ0n) is 9.84. The summed E-state index contributed by atoms with van der Waals surface area (Å²) < 4.78 is 13.5. The Kier molecular flexibility index (Phi) is 5.97. The first-order valence-corrected chi connectivity index (χ1v) is 6.40. The van der Waals surface area contributed by atoms with Gasteiger partial charge in [0.1, 0.15) is 5.82 Å². The van der Waals surface area contributed by atoms with Crippen LogP contribution in [0.2, 0.25) is 0 Å².